The standard InChI is InChI=1S/C12H20N2O2S/c1-9-2-5-17-12(9)11(6-13)14-3-4-16-10(7-14)8-15/h2,5,10-11,15H,3-4,6-8,13H2,1H3. The van der Waals surface area contributed by atoms with Gasteiger partial charge in [0, 0.05) is 24.5 Å². The summed E-state index contributed by atoms with van der Waals surface area (Å²) in [5.41, 5.74) is 7.22. The highest BCUT2D eigenvalue weighted by molar-refractivity contribution is 7.10. The highest BCUT2D eigenvalue weighted by Gasteiger charge is 2.27. The molecule has 1 aliphatic rings. The minimum atomic E-state index is -0.0712. The van der Waals surface area contributed by atoms with Crippen molar-refractivity contribution < 1.29 is 9.84 Å². The quantitative estimate of drug-likeness (QED) is 0.834. The molecule has 1 aliphatic heterocycles. The molecule has 0 radical (unpaired) electrons. The molecule has 1 saturated heterocycles. The molecule has 1 fully saturated rings. The molecule has 0 aliphatic carbocycles. The monoisotopic (exact) mass is 256 g/mol. The van der Waals surface area contributed by atoms with E-state index in [2.05, 4.69) is 23.3 Å². The number of nitrogens with two attached hydrogens (primary N) is 1. The van der Waals surface area contributed by atoms with Crippen molar-refractivity contribution >= 4 is 11.3 Å². The van der Waals surface area contributed by atoms with E-state index in [-0.39, 0.29) is 18.8 Å². The van der Waals surface area contributed by atoms with Gasteiger partial charge in [-0.25, -0.2) is 0 Å². The van der Waals surface area contributed by atoms with Crippen LogP contribution in [-0.4, -0.2) is 49.0 Å². The molecule has 0 bridgehead atoms. The normalized spacial score (nSPS) is 23.8. The highest BCUT2D eigenvalue weighted by atomic mass is 32.1. The molecule has 0 saturated carbocycles. The van der Waals surface area contributed by atoms with Gasteiger partial charge in [0.25, 0.3) is 0 Å². The van der Waals surface area contributed by atoms with Gasteiger partial charge in [0.2, 0.25) is 0 Å². The van der Waals surface area contributed by atoms with Gasteiger partial charge in [-0.15, -0.1) is 11.3 Å². The Morgan fingerprint density at radius 1 is 1.71 bits per heavy atom. The third-order valence-corrected chi connectivity index (χ3v) is 4.36. The van der Waals surface area contributed by atoms with Crippen LogP contribution in [0.25, 0.3) is 0 Å². The van der Waals surface area contributed by atoms with Crippen LogP contribution in [0.15, 0.2) is 11.4 Å². The zero-order valence-corrected chi connectivity index (χ0v) is 10.9. The van der Waals surface area contributed by atoms with Crippen LogP contribution < -0.4 is 5.73 Å². The SMILES string of the molecule is Cc1ccsc1C(CN)N1CCOC(CO)C1. The second-order valence-corrected chi connectivity index (χ2v) is 5.34. The van der Waals surface area contributed by atoms with Crippen LogP contribution >= 0.6 is 11.3 Å². The summed E-state index contributed by atoms with van der Waals surface area (Å²) in [7, 11) is 0. The molecular formula is C12H20N2O2S. The summed E-state index contributed by atoms with van der Waals surface area (Å²) in [5.74, 6) is 0. The highest BCUT2D eigenvalue weighted by Crippen LogP contribution is 2.29. The van der Waals surface area contributed by atoms with Gasteiger partial charge in [0.15, 0.2) is 0 Å². The molecule has 2 rings (SSSR count). The Balaban J connectivity index is 2.10. The first-order valence-corrected chi connectivity index (χ1v) is 6.84. The van der Waals surface area contributed by atoms with Crippen molar-refractivity contribution in [2.45, 2.75) is 19.1 Å². The minimum absolute atomic E-state index is 0.0712. The molecule has 5 heteroatoms. The van der Waals surface area contributed by atoms with Crippen LogP contribution in [0.2, 0.25) is 0 Å². The fourth-order valence-corrected chi connectivity index (χ4v) is 3.36. The zero-order chi connectivity index (χ0) is 12.3. The summed E-state index contributed by atoms with van der Waals surface area (Å²) in [6.45, 7) is 5.13. The van der Waals surface area contributed by atoms with E-state index < -0.39 is 0 Å². The van der Waals surface area contributed by atoms with Gasteiger partial charge in [-0.05, 0) is 23.9 Å². The van der Waals surface area contributed by atoms with Crippen molar-refractivity contribution in [1.82, 2.24) is 4.90 Å². The Bertz CT molecular complexity index is 356. The molecule has 0 amide bonds. The number of nitrogens with zero attached hydrogens (tertiary/aromatic N) is 1. The molecule has 2 unspecified atom stereocenters. The lowest BCUT2D eigenvalue weighted by Crippen LogP contribution is -2.47. The van der Waals surface area contributed by atoms with Crippen molar-refractivity contribution in [3.05, 3.63) is 21.9 Å². The second kappa shape index (κ2) is 5.93. The first-order valence-electron chi connectivity index (χ1n) is 5.96. The van der Waals surface area contributed by atoms with Crippen molar-refractivity contribution in [2.24, 2.45) is 5.73 Å². The summed E-state index contributed by atoms with van der Waals surface area (Å²) < 4.78 is 5.47. The van der Waals surface area contributed by atoms with Crippen molar-refractivity contribution in [2.75, 3.05) is 32.8 Å². The summed E-state index contributed by atoms with van der Waals surface area (Å²) in [6.07, 6.45) is -0.0712. The van der Waals surface area contributed by atoms with E-state index in [4.69, 9.17) is 15.6 Å². The number of hydrogen-bond acceptors (Lipinski definition) is 5. The number of aliphatic hydroxyl groups is 1. The molecule has 96 valence electrons. The van der Waals surface area contributed by atoms with Gasteiger partial charge < -0.3 is 15.6 Å². The average molecular weight is 256 g/mol. The van der Waals surface area contributed by atoms with Gasteiger partial charge in [0.1, 0.15) is 0 Å². The number of hydrogen-bond donors (Lipinski definition) is 2. The fraction of sp³-hybridized carbons (Fsp3) is 0.667. The summed E-state index contributed by atoms with van der Waals surface area (Å²) in [4.78, 5) is 3.66. The van der Waals surface area contributed by atoms with E-state index >= 15 is 0 Å². The largest absolute Gasteiger partial charge is 0.394 e. The van der Waals surface area contributed by atoms with E-state index in [1.54, 1.807) is 11.3 Å². The van der Waals surface area contributed by atoms with Gasteiger partial charge >= 0.3 is 0 Å². The molecule has 1 aromatic rings. The molecule has 2 atom stereocenters. The van der Waals surface area contributed by atoms with E-state index in [0.29, 0.717) is 13.2 Å². The predicted molar refractivity (Wildman–Crippen MR) is 69.3 cm³/mol. The van der Waals surface area contributed by atoms with Crippen LogP contribution in [0.4, 0.5) is 0 Å². The van der Waals surface area contributed by atoms with Crippen LogP contribution in [0, 0.1) is 6.92 Å². The van der Waals surface area contributed by atoms with Gasteiger partial charge in [-0.3, -0.25) is 4.90 Å². The van der Waals surface area contributed by atoms with E-state index in [1.165, 1.54) is 10.4 Å². The van der Waals surface area contributed by atoms with Crippen LogP contribution in [0.5, 0.6) is 0 Å². The number of morpholine rings is 1. The van der Waals surface area contributed by atoms with Gasteiger partial charge in [-0.1, -0.05) is 0 Å². The number of ether oxygens (including phenoxy) is 1. The second-order valence-electron chi connectivity index (χ2n) is 4.39. The van der Waals surface area contributed by atoms with E-state index in [9.17, 15) is 0 Å². The summed E-state index contributed by atoms with van der Waals surface area (Å²) in [5, 5.41) is 11.3. The molecule has 2 heterocycles. The van der Waals surface area contributed by atoms with E-state index in [0.717, 1.165) is 13.1 Å². The summed E-state index contributed by atoms with van der Waals surface area (Å²) in [6, 6.07) is 2.39. The van der Waals surface area contributed by atoms with Crippen LogP contribution in [0.3, 0.4) is 0 Å². The smallest absolute Gasteiger partial charge is 0.0933 e. The molecule has 1 aromatic heterocycles. The molecule has 3 N–H and O–H groups in total. The molecular weight excluding hydrogens is 236 g/mol. The molecule has 4 nitrogen and oxygen atoms in total. The van der Waals surface area contributed by atoms with Crippen LogP contribution in [-0.2, 0) is 4.74 Å². The molecule has 0 spiro atoms. The average Bonchev–Trinajstić information content (AvgIpc) is 2.77. The topological polar surface area (TPSA) is 58.7 Å². The van der Waals surface area contributed by atoms with Crippen molar-refractivity contribution in [3.8, 4) is 0 Å². The Hall–Kier alpha value is -0.460. The number of thiophene rings is 1. The lowest BCUT2D eigenvalue weighted by atomic mass is 10.1. The Kier molecular flexibility index (Phi) is 4.53. The van der Waals surface area contributed by atoms with Crippen molar-refractivity contribution in [1.29, 1.82) is 0 Å². The minimum Gasteiger partial charge on any atom is -0.394 e. The maximum atomic E-state index is 9.17. The third kappa shape index (κ3) is 2.86. The fourth-order valence-electron chi connectivity index (χ4n) is 2.28. The molecule has 0 aromatic carbocycles. The summed E-state index contributed by atoms with van der Waals surface area (Å²) >= 11 is 1.76. The predicted octanol–water partition coefficient (Wildman–Crippen LogP) is 0.749. The number of rotatable bonds is 4. The van der Waals surface area contributed by atoms with Gasteiger partial charge in [0.05, 0.1) is 25.4 Å². The maximum Gasteiger partial charge on any atom is 0.0933 e. The van der Waals surface area contributed by atoms with E-state index in [1.807, 2.05) is 0 Å². The number of aliphatic hydroxyl groups excluding tert-OH is 1. The zero-order valence-electron chi connectivity index (χ0n) is 10.1. The Labute approximate surface area is 106 Å². The number of aryl methyl sites for hydroxylation is 1. The van der Waals surface area contributed by atoms with Crippen molar-refractivity contribution in [3.63, 3.8) is 0 Å². The maximum absolute atomic E-state index is 9.17. The Morgan fingerprint density at radius 3 is 3.12 bits per heavy atom. The Morgan fingerprint density at radius 2 is 2.53 bits per heavy atom. The molecule has 17 heavy (non-hydrogen) atoms. The first kappa shape index (κ1) is 13.0. The lowest BCUT2D eigenvalue weighted by Gasteiger charge is -2.37. The lowest BCUT2D eigenvalue weighted by molar-refractivity contribution is -0.0639. The van der Waals surface area contributed by atoms with Crippen LogP contribution in [0.1, 0.15) is 16.5 Å². The third-order valence-electron chi connectivity index (χ3n) is 3.24. The van der Waals surface area contributed by atoms with Gasteiger partial charge in [-0.2, -0.15) is 0 Å². The first-order chi connectivity index (χ1) is 8.26.